The lowest BCUT2D eigenvalue weighted by Crippen LogP contribution is -2.30. The van der Waals surface area contributed by atoms with Gasteiger partial charge in [0.2, 0.25) is 5.91 Å². The van der Waals surface area contributed by atoms with Crippen molar-refractivity contribution < 1.29 is 4.79 Å². The van der Waals surface area contributed by atoms with E-state index in [1.165, 1.54) is 0 Å². The molecule has 2 N–H and O–H groups in total. The second-order valence-electron chi connectivity index (χ2n) is 5.10. The topological polar surface area (TPSA) is 59.0 Å². The van der Waals surface area contributed by atoms with Crippen molar-refractivity contribution >= 4 is 5.91 Å². The van der Waals surface area contributed by atoms with E-state index in [2.05, 4.69) is 34.0 Å². The molecule has 0 radical (unpaired) electrons. The van der Waals surface area contributed by atoms with Crippen LogP contribution in [0.5, 0.6) is 0 Å². The Morgan fingerprint density at radius 3 is 3.17 bits per heavy atom. The minimum Gasteiger partial charge on any atom is -0.356 e. The van der Waals surface area contributed by atoms with Crippen molar-refractivity contribution in [1.82, 2.24) is 20.2 Å². The predicted molar refractivity (Wildman–Crippen MR) is 70.1 cm³/mol. The highest BCUT2D eigenvalue weighted by atomic mass is 16.1. The first-order valence-electron chi connectivity index (χ1n) is 6.68. The minimum absolute atomic E-state index is 0.169. The van der Waals surface area contributed by atoms with Crippen LogP contribution in [0.25, 0.3) is 0 Å². The summed E-state index contributed by atoms with van der Waals surface area (Å²) in [5.74, 6) is 1.23. The number of rotatable bonds is 4. The maximum absolute atomic E-state index is 11.2. The Balaban J connectivity index is 1.87. The number of carbonyl (C=O) groups is 1. The van der Waals surface area contributed by atoms with E-state index in [1.54, 1.807) is 0 Å². The highest BCUT2D eigenvalue weighted by Crippen LogP contribution is 2.10. The van der Waals surface area contributed by atoms with Crippen molar-refractivity contribution in [2.24, 2.45) is 0 Å². The van der Waals surface area contributed by atoms with Gasteiger partial charge in [-0.25, -0.2) is 4.98 Å². The predicted octanol–water partition coefficient (Wildman–Crippen LogP) is 1.22. The molecule has 1 saturated heterocycles. The number of aromatic nitrogens is 2. The van der Waals surface area contributed by atoms with Gasteiger partial charge in [0.05, 0.1) is 6.54 Å². The zero-order chi connectivity index (χ0) is 13.0. The molecule has 18 heavy (non-hydrogen) atoms. The first-order chi connectivity index (χ1) is 8.66. The van der Waals surface area contributed by atoms with Crippen LogP contribution in [0.1, 0.15) is 45.0 Å². The summed E-state index contributed by atoms with van der Waals surface area (Å²) >= 11 is 0. The molecule has 0 spiro atoms. The van der Waals surface area contributed by atoms with Gasteiger partial charge in [0.15, 0.2) is 0 Å². The number of carbonyl (C=O) groups excluding carboxylic acids is 1. The van der Waals surface area contributed by atoms with Gasteiger partial charge in [-0.3, -0.25) is 4.79 Å². The van der Waals surface area contributed by atoms with Crippen LogP contribution in [0.4, 0.5) is 0 Å². The third-order valence-corrected chi connectivity index (χ3v) is 3.39. The lowest BCUT2D eigenvalue weighted by molar-refractivity contribution is -0.120. The van der Waals surface area contributed by atoms with Crippen molar-refractivity contribution in [3.8, 4) is 0 Å². The molecule has 0 bridgehead atoms. The third kappa shape index (κ3) is 3.32. The van der Waals surface area contributed by atoms with Crippen LogP contribution >= 0.6 is 0 Å². The van der Waals surface area contributed by atoms with Gasteiger partial charge in [-0.2, -0.15) is 0 Å². The molecule has 1 aromatic heterocycles. The fourth-order valence-electron chi connectivity index (χ4n) is 2.31. The van der Waals surface area contributed by atoms with Gasteiger partial charge in [-0.15, -0.1) is 0 Å². The molecule has 2 rings (SSSR count). The van der Waals surface area contributed by atoms with Crippen LogP contribution in [0, 0.1) is 0 Å². The molecule has 0 saturated carbocycles. The summed E-state index contributed by atoms with van der Waals surface area (Å²) in [6, 6.07) is 0.836. The fraction of sp³-hybridized carbons (Fsp3) is 0.692. The third-order valence-electron chi connectivity index (χ3n) is 3.39. The molecule has 1 fully saturated rings. The second kappa shape index (κ2) is 6.00. The zero-order valence-corrected chi connectivity index (χ0v) is 11.1. The van der Waals surface area contributed by atoms with Gasteiger partial charge in [0.25, 0.3) is 0 Å². The highest BCUT2D eigenvalue weighted by Gasteiger charge is 2.16. The lowest BCUT2D eigenvalue weighted by Gasteiger charge is -2.17. The summed E-state index contributed by atoms with van der Waals surface area (Å²) in [5.41, 5.74) is 0. The highest BCUT2D eigenvalue weighted by molar-refractivity contribution is 5.76. The van der Waals surface area contributed by atoms with E-state index >= 15 is 0 Å². The summed E-state index contributed by atoms with van der Waals surface area (Å²) in [4.78, 5) is 15.6. The van der Waals surface area contributed by atoms with E-state index < -0.39 is 0 Å². The number of hydrogen-bond donors (Lipinski definition) is 2. The van der Waals surface area contributed by atoms with Crippen LogP contribution < -0.4 is 10.6 Å². The molecule has 1 aliphatic rings. The number of imidazole rings is 1. The Labute approximate surface area is 108 Å². The summed E-state index contributed by atoms with van der Waals surface area (Å²) in [7, 11) is 0. The molecule has 1 atom stereocenters. The molecule has 1 amide bonds. The van der Waals surface area contributed by atoms with Crippen LogP contribution in [-0.2, 0) is 11.3 Å². The molecular formula is C13H22N4O. The van der Waals surface area contributed by atoms with Gasteiger partial charge in [-0.1, -0.05) is 0 Å². The van der Waals surface area contributed by atoms with E-state index in [0.717, 1.165) is 31.8 Å². The van der Waals surface area contributed by atoms with E-state index in [1.807, 2.05) is 12.4 Å². The average molecular weight is 250 g/mol. The standard InChI is InChI=1S/C13H22N4O/c1-10(2)17-8-7-14-12(17)9-16-11-3-4-13(18)15-6-5-11/h7-8,10-11,16H,3-6,9H2,1-2H3,(H,15,18). The molecule has 5 nitrogen and oxygen atoms in total. The minimum atomic E-state index is 0.169. The smallest absolute Gasteiger partial charge is 0.220 e. The van der Waals surface area contributed by atoms with E-state index in [9.17, 15) is 4.79 Å². The zero-order valence-electron chi connectivity index (χ0n) is 11.1. The number of amides is 1. The number of nitrogens with one attached hydrogen (secondary N) is 2. The average Bonchev–Trinajstić information content (AvgIpc) is 2.71. The Hall–Kier alpha value is -1.36. The second-order valence-corrected chi connectivity index (χ2v) is 5.10. The molecule has 1 aromatic rings. The van der Waals surface area contributed by atoms with Gasteiger partial charge >= 0.3 is 0 Å². The maximum atomic E-state index is 11.2. The summed E-state index contributed by atoms with van der Waals surface area (Å²) < 4.78 is 2.17. The van der Waals surface area contributed by atoms with Gasteiger partial charge in [0.1, 0.15) is 5.82 Å². The Morgan fingerprint density at radius 1 is 1.56 bits per heavy atom. The Kier molecular flexibility index (Phi) is 4.36. The van der Waals surface area contributed by atoms with Crippen LogP contribution in [0.15, 0.2) is 12.4 Å². The fourth-order valence-corrected chi connectivity index (χ4v) is 2.31. The maximum Gasteiger partial charge on any atom is 0.220 e. The van der Waals surface area contributed by atoms with Crippen LogP contribution in [-0.4, -0.2) is 28.0 Å². The summed E-state index contributed by atoms with van der Waals surface area (Å²) in [5, 5.41) is 6.40. The van der Waals surface area contributed by atoms with Crippen molar-refractivity contribution in [3.63, 3.8) is 0 Å². The SMILES string of the molecule is CC(C)n1ccnc1CNC1CCNC(=O)CC1. The van der Waals surface area contributed by atoms with Crippen molar-refractivity contribution in [2.75, 3.05) is 6.54 Å². The van der Waals surface area contributed by atoms with Crippen LogP contribution in [0.3, 0.4) is 0 Å². The lowest BCUT2D eigenvalue weighted by atomic mass is 10.1. The molecule has 0 aromatic carbocycles. The van der Waals surface area contributed by atoms with Crippen molar-refractivity contribution in [1.29, 1.82) is 0 Å². The van der Waals surface area contributed by atoms with Crippen LogP contribution in [0.2, 0.25) is 0 Å². The molecule has 1 unspecified atom stereocenters. The molecule has 100 valence electrons. The Morgan fingerprint density at radius 2 is 2.39 bits per heavy atom. The van der Waals surface area contributed by atoms with E-state index in [4.69, 9.17) is 0 Å². The van der Waals surface area contributed by atoms with E-state index in [0.29, 0.717) is 18.5 Å². The van der Waals surface area contributed by atoms with Gasteiger partial charge < -0.3 is 15.2 Å². The molecule has 5 heteroatoms. The summed E-state index contributed by atoms with van der Waals surface area (Å²) in [6.45, 7) is 5.85. The van der Waals surface area contributed by atoms with Crippen molar-refractivity contribution in [2.45, 2.75) is 51.7 Å². The Bertz CT molecular complexity index is 399. The monoisotopic (exact) mass is 250 g/mol. The van der Waals surface area contributed by atoms with Gasteiger partial charge in [-0.05, 0) is 26.7 Å². The molecule has 0 aliphatic carbocycles. The van der Waals surface area contributed by atoms with Crippen molar-refractivity contribution in [3.05, 3.63) is 18.2 Å². The normalized spacial score (nSPS) is 20.8. The van der Waals surface area contributed by atoms with E-state index in [-0.39, 0.29) is 5.91 Å². The summed E-state index contributed by atoms with van der Waals surface area (Å²) in [6.07, 6.45) is 6.38. The quantitative estimate of drug-likeness (QED) is 0.845. The number of hydrogen-bond acceptors (Lipinski definition) is 3. The number of nitrogens with zero attached hydrogens (tertiary/aromatic N) is 2. The molecule has 2 heterocycles. The van der Waals surface area contributed by atoms with Gasteiger partial charge in [0, 0.05) is 37.4 Å². The largest absolute Gasteiger partial charge is 0.356 e. The first kappa shape index (κ1) is 13.1. The first-order valence-corrected chi connectivity index (χ1v) is 6.68. The molecular weight excluding hydrogens is 228 g/mol. The molecule has 1 aliphatic heterocycles.